The first-order valence-corrected chi connectivity index (χ1v) is 6.19. The highest BCUT2D eigenvalue weighted by molar-refractivity contribution is 7.99. The molecule has 0 aliphatic rings. The summed E-state index contributed by atoms with van der Waals surface area (Å²) in [5, 5.41) is 0.808. The summed E-state index contributed by atoms with van der Waals surface area (Å²) < 4.78 is 0. The standard InChI is InChI=1S/C11H16ClNS/c1-9(13)4-3-7-14-11-6-2-5-10(12)8-11/h2,5-6,8-9H,3-4,7,13H2,1H3. The average Bonchev–Trinajstić information content (AvgIpc) is 2.12. The number of hydrogen-bond donors (Lipinski definition) is 1. The van der Waals surface area contributed by atoms with Crippen LogP contribution in [0.15, 0.2) is 29.2 Å². The molecule has 0 aliphatic heterocycles. The van der Waals surface area contributed by atoms with Gasteiger partial charge in [0.25, 0.3) is 0 Å². The number of halogens is 1. The molecule has 1 nitrogen and oxygen atoms in total. The Balaban J connectivity index is 2.25. The zero-order chi connectivity index (χ0) is 10.4. The molecule has 1 aromatic rings. The summed E-state index contributed by atoms with van der Waals surface area (Å²) in [4.78, 5) is 1.24. The monoisotopic (exact) mass is 229 g/mol. The van der Waals surface area contributed by atoms with Crippen LogP contribution in [0.25, 0.3) is 0 Å². The predicted molar refractivity (Wildman–Crippen MR) is 65.1 cm³/mol. The molecule has 1 aromatic carbocycles. The van der Waals surface area contributed by atoms with Crippen molar-refractivity contribution in [2.45, 2.75) is 30.7 Å². The Hall–Kier alpha value is -0.180. The van der Waals surface area contributed by atoms with Gasteiger partial charge in [0.05, 0.1) is 0 Å². The molecule has 78 valence electrons. The largest absolute Gasteiger partial charge is 0.328 e. The van der Waals surface area contributed by atoms with Gasteiger partial charge in [-0.1, -0.05) is 17.7 Å². The molecule has 1 atom stereocenters. The van der Waals surface area contributed by atoms with Crippen molar-refractivity contribution in [2.75, 3.05) is 5.75 Å². The lowest BCUT2D eigenvalue weighted by atomic mass is 10.2. The molecule has 1 rings (SSSR count). The first kappa shape index (κ1) is 11.9. The third-order valence-corrected chi connectivity index (χ3v) is 3.18. The molecule has 1 unspecified atom stereocenters. The number of hydrogen-bond acceptors (Lipinski definition) is 2. The lowest BCUT2D eigenvalue weighted by Crippen LogP contribution is -2.14. The van der Waals surface area contributed by atoms with E-state index in [1.807, 2.05) is 36.9 Å². The Labute approximate surface area is 95.0 Å². The maximum Gasteiger partial charge on any atom is 0.0417 e. The Kier molecular flexibility index (Phi) is 5.38. The molecule has 0 bridgehead atoms. The van der Waals surface area contributed by atoms with Crippen molar-refractivity contribution in [1.29, 1.82) is 0 Å². The van der Waals surface area contributed by atoms with E-state index < -0.39 is 0 Å². The van der Waals surface area contributed by atoms with Gasteiger partial charge in [-0.3, -0.25) is 0 Å². The van der Waals surface area contributed by atoms with Gasteiger partial charge in [0, 0.05) is 16.0 Å². The van der Waals surface area contributed by atoms with Crippen LogP contribution in [0.3, 0.4) is 0 Å². The summed E-state index contributed by atoms with van der Waals surface area (Å²) in [7, 11) is 0. The predicted octanol–water partition coefficient (Wildman–Crippen LogP) is 3.56. The van der Waals surface area contributed by atoms with Gasteiger partial charge in [0.1, 0.15) is 0 Å². The van der Waals surface area contributed by atoms with Crippen LogP contribution < -0.4 is 5.73 Å². The first-order chi connectivity index (χ1) is 6.68. The van der Waals surface area contributed by atoms with Crippen LogP contribution in [0, 0.1) is 0 Å². The first-order valence-electron chi connectivity index (χ1n) is 4.82. The molecule has 3 heteroatoms. The Bertz CT molecular complexity index is 276. The average molecular weight is 230 g/mol. The quantitative estimate of drug-likeness (QED) is 0.617. The van der Waals surface area contributed by atoms with Crippen LogP contribution in [0.1, 0.15) is 19.8 Å². The highest BCUT2D eigenvalue weighted by Crippen LogP contribution is 2.22. The van der Waals surface area contributed by atoms with E-state index in [2.05, 4.69) is 6.07 Å². The zero-order valence-electron chi connectivity index (χ0n) is 8.37. The summed E-state index contributed by atoms with van der Waals surface area (Å²) in [5.41, 5.74) is 5.67. The van der Waals surface area contributed by atoms with Crippen molar-refractivity contribution in [1.82, 2.24) is 0 Å². The van der Waals surface area contributed by atoms with Crippen LogP contribution in [0.2, 0.25) is 5.02 Å². The van der Waals surface area contributed by atoms with Crippen LogP contribution in [-0.2, 0) is 0 Å². The summed E-state index contributed by atoms with van der Waals surface area (Å²) >= 11 is 7.71. The molecule has 0 saturated heterocycles. The van der Waals surface area contributed by atoms with E-state index in [0.29, 0.717) is 6.04 Å². The summed E-state index contributed by atoms with van der Waals surface area (Å²) in [6.07, 6.45) is 2.25. The molecule has 0 radical (unpaired) electrons. The van der Waals surface area contributed by atoms with Crippen molar-refractivity contribution in [3.8, 4) is 0 Å². The SMILES string of the molecule is CC(N)CCCSc1cccc(Cl)c1. The molecular formula is C11H16ClNS. The van der Waals surface area contributed by atoms with Crippen LogP contribution in [-0.4, -0.2) is 11.8 Å². The number of thioether (sulfide) groups is 1. The van der Waals surface area contributed by atoms with Crippen molar-refractivity contribution in [2.24, 2.45) is 5.73 Å². The lowest BCUT2D eigenvalue weighted by Gasteiger charge is -2.04. The minimum Gasteiger partial charge on any atom is -0.328 e. The number of benzene rings is 1. The minimum atomic E-state index is 0.315. The van der Waals surface area contributed by atoms with E-state index in [9.17, 15) is 0 Å². The third-order valence-electron chi connectivity index (χ3n) is 1.87. The fourth-order valence-corrected chi connectivity index (χ4v) is 2.34. The summed E-state index contributed by atoms with van der Waals surface area (Å²) in [6.45, 7) is 2.05. The smallest absolute Gasteiger partial charge is 0.0417 e. The molecule has 0 saturated carbocycles. The van der Waals surface area contributed by atoms with Gasteiger partial charge in [-0.05, 0) is 43.7 Å². The highest BCUT2D eigenvalue weighted by Gasteiger charge is 1.97. The van der Waals surface area contributed by atoms with Crippen LogP contribution >= 0.6 is 23.4 Å². The van der Waals surface area contributed by atoms with E-state index in [4.69, 9.17) is 17.3 Å². The van der Waals surface area contributed by atoms with Gasteiger partial charge < -0.3 is 5.73 Å². The van der Waals surface area contributed by atoms with Gasteiger partial charge in [-0.25, -0.2) is 0 Å². The fourth-order valence-electron chi connectivity index (χ4n) is 1.15. The number of nitrogens with two attached hydrogens (primary N) is 1. The highest BCUT2D eigenvalue weighted by atomic mass is 35.5. The lowest BCUT2D eigenvalue weighted by molar-refractivity contribution is 0.656. The van der Waals surface area contributed by atoms with Crippen molar-refractivity contribution >= 4 is 23.4 Å². The van der Waals surface area contributed by atoms with E-state index in [1.54, 1.807) is 0 Å². The van der Waals surface area contributed by atoms with E-state index in [0.717, 1.165) is 23.6 Å². The second-order valence-corrected chi connectivity index (χ2v) is 5.03. The topological polar surface area (TPSA) is 26.0 Å². The second-order valence-electron chi connectivity index (χ2n) is 3.43. The summed E-state index contributed by atoms with van der Waals surface area (Å²) in [6, 6.07) is 8.28. The molecule has 0 amide bonds. The maximum atomic E-state index is 5.87. The normalized spacial score (nSPS) is 12.8. The van der Waals surface area contributed by atoms with Gasteiger partial charge in [-0.15, -0.1) is 11.8 Å². The third kappa shape index (κ3) is 4.89. The number of rotatable bonds is 5. The molecular weight excluding hydrogens is 214 g/mol. The van der Waals surface area contributed by atoms with Crippen molar-refractivity contribution in [3.63, 3.8) is 0 Å². The van der Waals surface area contributed by atoms with Crippen LogP contribution in [0.5, 0.6) is 0 Å². The molecule has 0 aromatic heterocycles. The zero-order valence-corrected chi connectivity index (χ0v) is 9.94. The van der Waals surface area contributed by atoms with E-state index in [-0.39, 0.29) is 0 Å². The summed E-state index contributed by atoms with van der Waals surface area (Å²) in [5.74, 6) is 1.11. The van der Waals surface area contributed by atoms with Crippen molar-refractivity contribution < 1.29 is 0 Å². The molecule has 0 heterocycles. The molecule has 0 fully saturated rings. The Morgan fingerprint density at radius 1 is 1.50 bits per heavy atom. The Morgan fingerprint density at radius 2 is 2.29 bits per heavy atom. The molecule has 14 heavy (non-hydrogen) atoms. The van der Waals surface area contributed by atoms with Gasteiger partial charge in [0.15, 0.2) is 0 Å². The van der Waals surface area contributed by atoms with Gasteiger partial charge in [-0.2, -0.15) is 0 Å². The van der Waals surface area contributed by atoms with E-state index >= 15 is 0 Å². The maximum absolute atomic E-state index is 5.87. The minimum absolute atomic E-state index is 0.315. The molecule has 0 spiro atoms. The fraction of sp³-hybridized carbons (Fsp3) is 0.455. The molecule has 0 aliphatic carbocycles. The second kappa shape index (κ2) is 6.33. The van der Waals surface area contributed by atoms with Gasteiger partial charge >= 0.3 is 0 Å². The van der Waals surface area contributed by atoms with Gasteiger partial charge in [0.2, 0.25) is 0 Å². The Morgan fingerprint density at radius 3 is 2.93 bits per heavy atom. The van der Waals surface area contributed by atoms with E-state index in [1.165, 1.54) is 4.90 Å². The molecule has 2 N–H and O–H groups in total. The van der Waals surface area contributed by atoms with Crippen molar-refractivity contribution in [3.05, 3.63) is 29.3 Å². The van der Waals surface area contributed by atoms with Crippen LogP contribution in [0.4, 0.5) is 0 Å².